The van der Waals surface area contributed by atoms with E-state index in [-0.39, 0.29) is 10.8 Å². The first-order chi connectivity index (χ1) is 19.5. The minimum Gasteiger partial charge on any atom is -0.335 e. The predicted molar refractivity (Wildman–Crippen MR) is 157 cm³/mol. The molecule has 1 aliphatic rings. The van der Waals surface area contributed by atoms with E-state index < -0.39 is 5.82 Å². The molecule has 7 nitrogen and oxygen atoms in total. The van der Waals surface area contributed by atoms with E-state index >= 15 is 4.39 Å². The fourth-order valence-electron chi connectivity index (χ4n) is 5.30. The molecule has 6 heterocycles. The molecule has 0 unspecified atom stereocenters. The smallest absolute Gasteiger partial charge is 0.176 e. The molecule has 6 rings (SSSR count). The highest BCUT2D eigenvalue weighted by atomic mass is 32.1. The van der Waals surface area contributed by atoms with Gasteiger partial charge in [0.15, 0.2) is 16.8 Å². The van der Waals surface area contributed by atoms with E-state index in [1.54, 1.807) is 36.4 Å². The Bertz CT molecular complexity index is 1800. The lowest BCUT2D eigenvalue weighted by molar-refractivity contribution is 0.371. The number of aryl methyl sites for hydroxylation is 1. The Morgan fingerprint density at radius 2 is 1.95 bits per heavy atom. The number of rotatable bonds is 7. The highest BCUT2D eigenvalue weighted by Gasteiger charge is 2.23. The Hall–Kier alpha value is -4.02. The fourth-order valence-corrected chi connectivity index (χ4v) is 6.04. The molecule has 5 aromatic rings. The third-order valence-electron chi connectivity index (χ3n) is 7.20. The molecule has 1 aliphatic heterocycles. The fraction of sp³-hybridized carbons (Fsp3) is 0.267. The van der Waals surface area contributed by atoms with Crippen molar-refractivity contribution in [2.45, 2.75) is 26.7 Å². The number of H-pyrrole nitrogens is 1. The van der Waals surface area contributed by atoms with Gasteiger partial charge in [0.1, 0.15) is 16.9 Å². The summed E-state index contributed by atoms with van der Waals surface area (Å²) < 4.78 is 31.8. The Balaban J connectivity index is 1.45. The molecular weight excluding hydrogens is 528 g/mol. The number of nitrogens with zero attached hydrogens (tertiary/aromatic N) is 6. The van der Waals surface area contributed by atoms with E-state index in [0.717, 1.165) is 36.5 Å². The van der Waals surface area contributed by atoms with Gasteiger partial charge in [-0.1, -0.05) is 18.2 Å². The molecule has 0 bridgehead atoms. The average molecular weight is 558 g/mol. The van der Waals surface area contributed by atoms with Crippen LogP contribution in [0.15, 0.2) is 60.6 Å². The van der Waals surface area contributed by atoms with Crippen molar-refractivity contribution in [3.63, 3.8) is 0 Å². The molecule has 10 heteroatoms. The minimum atomic E-state index is -0.454. The van der Waals surface area contributed by atoms with Crippen LogP contribution in [0.4, 0.5) is 8.78 Å². The van der Waals surface area contributed by atoms with Crippen molar-refractivity contribution in [3.8, 4) is 22.0 Å². The maximum absolute atomic E-state index is 16.4. The second-order valence-corrected chi connectivity index (χ2v) is 10.9. The second kappa shape index (κ2) is 10.9. The maximum atomic E-state index is 16.4. The van der Waals surface area contributed by atoms with Crippen LogP contribution in [0.1, 0.15) is 32.4 Å². The molecular formula is C30H29F2N7S. The number of hydrogen-bond donors (Lipinski definition) is 1. The Morgan fingerprint density at radius 3 is 2.67 bits per heavy atom. The number of aromatic nitrogens is 6. The molecule has 1 N–H and O–H groups in total. The molecule has 1 saturated heterocycles. The quantitative estimate of drug-likeness (QED) is 0.220. The van der Waals surface area contributed by atoms with Gasteiger partial charge in [-0.05, 0) is 69.1 Å². The summed E-state index contributed by atoms with van der Waals surface area (Å²) >= 11 is 1.03. The summed E-state index contributed by atoms with van der Waals surface area (Å²) in [5.74, 6) is -0.0470. The summed E-state index contributed by atoms with van der Waals surface area (Å²) in [5, 5.41) is 4.67. The van der Waals surface area contributed by atoms with Gasteiger partial charge in [0.2, 0.25) is 0 Å². The maximum Gasteiger partial charge on any atom is 0.176 e. The zero-order chi connectivity index (χ0) is 27.8. The number of nitrogens with one attached hydrogen (secondary N) is 1. The van der Waals surface area contributed by atoms with Gasteiger partial charge in [0, 0.05) is 30.2 Å². The first-order valence-electron chi connectivity index (χ1n) is 13.3. The number of allylic oxidation sites excluding steroid dienone is 4. The zero-order valence-electron chi connectivity index (χ0n) is 22.6. The van der Waals surface area contributed by atoms with Gasteiger partial charge >= 0.3 is 0 Å². The number of fused-ring (bicyclic) bond motifs is 2. The highest BCUT2D eigenvalue weighted by Crippen LogP contribution is 2.36. The topological polar surface area (TPSA) is 75.5 Å². The van der Waals surface area contributed by atoms with Crippen LogP contribution in [0.3, 0.4) is 0 Å². The summed E-state index contributed by atoms with van der Waals surface area (Å²) in [5.41, 5.74) is 4.99. The van der Waals surface area contributed by atoms with Crippen molar-refractivity contribution in [3.05, 3.63) is 77.2 Å². The monoisotopic (exact) mass is 557 g/mol. The molecule has 5 aromatic heterocycles. The normalized spacial score (nSPS) is 15.4. The third-order valence-corrected chi connectivity index (χ3v) is 8.11. The molecule has 0 aromatic carbocycles. The van der Waals surface area contributed by atoms with Crippen LogP contribution in [-0.2, 0) is 7.05 Å². The van der Waals surface area contributed by atoms with Crippen molar-refractivity contribution in [1.82, 2.24) is 34.6 Å². The van der Waals surface area contributed by atoms with Crippen LogP contribution < -0.4 is 0 Å². The Kier molecular flexibility index (Phi) is 7.12. The van der Waals surface area contributed by atoms with E-state index in [1.165, 1.54) is 18.9 Å². The van der Waals surface area contributed by atoms with Crippen LogP contribution in [0.5, 0.6) is 0 Å². The van der Waals surface area contributed by atoms with E-state index in [2.05, 4.69) is 31.0 Å². The van der Waals surface area contributed by atoms with Crippen LogP contribution in [-0.4, -0.2) is 54.3 Å². The summed E-state index contributed by atoms with van der Waals surface area (Å²) in [6.45, 7) is 6.85. The van der Waals surface area contributed by atoms with Crippen LogP contribution in [0, 0.1) is 10.9 Å². The molecule has 0 radical (unpaired) electrons. The number of aromatic amines is 1. The van der Waals surface area contributed by atoms with Gasteiger partial charge in [-0.3, -0.25) is 19.5 Å². The number of hydrogen-bond acceptors (Lipinski definition) is 6. The van der Waals surface area contributed by atoms with Crippen LogP contribution in [0.25, 0.3) is 49.5 Å². The third kappa shape index (κ3) is 4.77. The van der Waals surface area contributed by atoms with Crippen molar-refractivity contribution in [2.24, 2.45) is 7.05 Å². The number of halogens is 2. The first-order valence-corrected chi connectivity index (χ1v) is 14.1. The lowest BCUT2D eigenvalue weighted by atomic mass is 10.0. The van der Waals surface area contributed by atoms with Gasteiger partial charge in [0.25, 0.3) is 0 Å². The number of thiophene rings is 1. The lowest BCUT2D eigenvalue weighted by Gasteiger charge is -2.16. The SMILES string of the molecule is C/C=C/C(=C\C(=C/C)c1ncc2c(c(-c3nc4c(-c5ccc(F)s5)cncc4[nH]3)nn2C)c1F)CN1CCCC1. The van der Waals surface area contributed by atoms with E-state index in [9.17, 15) is 4.39 Å². The average Bonchev–Trinajstić information content (AvgIpc) is 3.75. The number of pyridine rings is 2. The lowest BCUT2D eigenvalue weighted by Crippen LogP contribution is -2.21. The molecule has 1 fully saturated rings. The van der Waals surface area contributed by atoms with Gasteiger partial charge in [0.05, 0.1) is 28.8 Å². The number of imidazole rings is 1. The van der Waals surface area contributed by atoms with Crippen LogP contribution >= 0.6 is 11.3 Å². The zero-order valence-corrected chi connectivity index (χ0v) is 23.4. The molecule has 0 aliphatic carbocycles. The molecule has 0 amide bonds. The van der Waals surface area contributed by atoms with Gasteiger partial charge in [-0.15, -0.1) is 11.3 Å². The Morgan fingerprint density at radius 1 is 1.12 bits per heavy atom. The molecule has 204 valence electrons. The van der Waals surface area contributed by atoms with Crippen molar-refractivity contribution < 1.29 is 8.78 Å². The molecule has 0 spiro atoms. The predicted octanol–water partition coefficient (Wildman–Crippen LogP) is 6.91. The summed E-state index contributed by atoms with van der Waals surface area (Å²) in [6.07, 6.45) is 15.4. The van der Waals surface area contributed by atoms with E-state index in [1.807, 2.05) is 32.1 Å². The molecule has 0 atom stereocenters. The van der Waals surface area contributed by atoms with E-state index in [4.69, 9.17) is 4.98 Å². The van der Waals surface area contributed by atoms with Crippen molar-refractivity contribution in [1.29, 1.82) is 0 Å². The summed E-state index contributed by atoms with van der Waals surface area (Å²) in [6, 6.07) is 3.12. The largest absolute Gasteiger partial charge is 0.335 e. The van der Waals surface area contributed by atoms with Gasteiger partial charge < -0.3 is 4.98 Å². The van der Waals surface area contributed by atoms with Gasteiger partial charge in [-0.2, -0.15) is 9.49 Å². The molecule has 40 heavy (non-hydrogen) atoms. The van der Waals surface area contributed by atoms with Crippen molar-refractivity contribution >= 4 is 38.8 Å². The standard InChI is InChI=1S/C30H29F2N7S/c1-4-8-18(17-39-11-6-7-12-39)13-19(5-2)27-26(32)25-22(16-34-27)38(3)37-29(25)30-35-21-15-33-14-20(28(21)36-30)23-9-10-24(31)40-23/h4-5,8-10,13-16H,6-7,11-12,17H2,1-3H3,(H,35,36)/b8-4+,18-13+,19-5+. The summed E-state index contributed by atoms with van der Waals surface area (Å²) in [4.78, 5) is 20.0. The minimum absolute atomic E-state index is 0.264. The van der Waals surface area contributed by atoms with Crippen LogP contribution in [0.2, 0.25) is 0 Å². The summed E-state index contributed by atoms with van der Waals surface area (Å²) in [7, 11) is 1.76. The van der Waals surface area contributed by atoms with Gasteiger partial charge in [-0.25, -0.2) is 9.37 Å². The second-order valence-electron chi connectivity index (χ2n) is 9.87. The first kappa shape index (κ1) is 26.2. The number of likely N-dealkylation sites (tertiary alicyclic amines) is 1. The Labute approximate surface area is 234 Å². The van der Waals surface area contributed by atoms with E-state index in [0.29, 0.717) is 49.5 Å². The van der Waals surface area contributed by atoms with Crippen molar-refractivity contribution in [2.75, 3.05) is 19.6 Å². The highest BCUT2D eigenvalue weighted by molar-refractivity contribution is 7.14. The molecule has 0 saturated carbocycles.